The van der Waals surface area contributed by atoms with Crippen molar-refractivity contribution in [2.24, 2.45) is 5.41 Å². The molecular formula is C20H29NO2. The van der Waals surface area contributed by atoms with E-state index in [9.17, 15) is 4.79 Å². The van der Waals surface area contributed by atoms with Gasteiger partial charge in [-0.3, -0.25) is 0 Å². The Labute approximate surface area is 139 Å². The van der Waals surface area contributed by atoms with Crippen LogP contribution in [-0.4, -0.2) is 18.7 Å². The number of benzene rings is 1. The molecule has 0 heterocycles. The highest BCUT2D eigenvalue weighted by Gasteiger charge is 2.50. The van der Waals surface area contributed by atoms with Crippen LogP contribution in [0.2, 0.25) is 0 Å². The number of unbranched alkanes of at least 4 members (excludes halogenated alkanes) is 1. The van der Waals surface area contributed by atoms with Crippen LogP contribution >= 0.6 is 0 Å². The minimum atomic E-state index is -0.215. The van der Waals surface area contributed by atoms with Crippen molar-refractivity contribution in [3.63, 3.8) is 0 Å². The van der Waals surface area contributed by atoms with Crippen molar-refractivity contribution in [3.8, 4) is 0 Å². The summed E-state index contributed by atoms with van der Waals surface area (Å²) in [4.78, 5) is 11.9. The second-order valence-electron chi connectivity index (χ2n) is 7.26. The van der Waals surface area contributed by atoms with E-state index in [1.54, 1.807) is 0 Å². The maximum Gasteiger partial charge on any atom is 0.407 e. The van der Waals surface area contributed by atoms with Gasteiger partial charge in [0.25, 0.3) is 0 Å². The van der Waals surface area contributed by atoms with Gasteiger partial charge in [0, 0.05) is 12.0 Å². The number of amides is 1. The Morgan fingerprint density at radius 2 is 1.87 bits per heavy atom. The summed E-state index contributed by atoms with van der Waals surface area (Å²) in [7, 11) is 0. The summed E-state index contributed by atoms with van der Waals surface area (Å²) in [6, 6.07) is 10.9. The third-order valence-corrected chi connectivity index (χ3v) is 5.89. The van der Waals surface area contributed by atoms with Gasteiger partial charge < -0.3 is 10.1 Å². The first-order valence-electron chi connectivity index (χ1n) is 9.23. The highest BCUT2D eigenvalue weighted by molar-refractivity contribution is 5.67. The largest absolute Gasteiger partial charge is 0.446 e. The van der Waals surface area contributed by atoms with Gasteiger partial charge in [0.15, 0.2) is 0 Å². The number of carbonyl (C=O) groups excluding carboxylic acids is 1. The number of ether oxygens (including phenoxy) is 1. The van der Waals surface area contributed by atoms with Gasteiger partial charge in [-0.1, -0.05) is 43.7 Å². The lowest BCUT2D eigenvalue weighted by molar-refractivity contribution is -0.0947. The second-order valence-corrected chi connectivity index (χ2v) is 7.26. The number of hydrogen-bond donors (Lipinski definition) is 1. The molecule has 1 aromatic carbocycles. The molecule has 0 unspecified atom stereocenters. The molecular weight excluding hydrogens is 286 g/mol. The highest BCUT2D eigenvalue weighted by Crippen LogP contribution is 2.55. The zero-order valence-electron chi connectivity index (χ0n) is 14.2. The molecule has 1 spiro atoms. The summed E-state index contributed by atoms with van der Waals surface area (Å²) >= 11 is 0. The fraction of sp³-hybridized carbons (Fsp3) is 0.650. The van der Waals surface area contributed by atoms with Crippen LogP contribution in [0, 0.1) is 5.41 Å². The summed E-state index contributed by atoms with van der Waals surface area (Å²) in [5.74, 6) is 0.682. The average Bonchev–Trinajstić information content (AvgIpc) is 2.60. The van der Waals surface area contributed by atoms with Crippen LogP contribution in [0.3, 0.4) is 0 Å². The molecule has 0 aliphatic heterocycles. The third-order valence-electron chi connectivity index (χ3n) is 5.89. The van der Waals surface area contributed by atoms with Crippen LogP contribution in [0.25, 0.3) is 0 Å². The van der Waals surface area contributed by atoms with E-state index in [-0.39, 0.29) is 17.6 Å². The molecule has 1 N–H and O–H groups in total. The topological polar surface area (TPSA) is 38.3 Å². The minimum Gasteiger partial charge on any atom is -0.446 e. The van der Waals surface area contributed by atoms with Crippen molar-refractivity contribution >= 4 is 6.09 Å². The van der Waals surface area contributed by atoms with Crippen molar-refractivity contribution in [1.29, 1.82) is 0 Å². The van der Waals surface area contributed by atoms with Crippen LogP contribution in [-0.2, 0) is 4.74 Å². The molecule has 1 atom stereocenters. The lowest BCUT2D eigenvalue weighted by atomic mass is 9.56. The number of hydrogen-bond acceptors (Lipinski definition) is 2. The van der Waals surface area contributed by atoms with Gasteiger partial charge >= 0.3 is 6.09 Å². The molecule has 0 bridgehead atoms. The number of nitrogens with one attached hydrogen (secondary N) is 1. The summed E-state index contributed by atoms with van der Waals surface area (Å²) in [5.41, 5.74) is 1.74. The van der Waals surface area contributed by atoms with E-state index in [2.05, 4.69) is 42.6 Å². The average molecular weight is 315 g/mol. The maximum atomic E-state index is 11.9. The van der Waals surface area contributed by atoms with Crippen molar-refractivity contribution in [2.45, 2.75) is 70.3 Å². The Morgan fingerprint density at radius 3 is 2.48 bits per heavy atom. The summed E-state index contributed by atoms with van der Waals surface area (Å²) < 4.78 is 5.72. The molecule has 2 aliphatic rings. The van der Waals surface area contributed by atoms with Crippen molar-refractivity contribution in [1.82, 2.24) is 5.32 Å². The molecule has 2 saturated carbocycles. The standard InChI is InChI=1S/C20H29NO2/c1-2-3-15-21-19(22)23-18-11-14-20(18)12-9-17(10-13-20)16-7-5-4-6-8-16/h4-8,17-18H,2-3,9-15H2,1H3,(H,21,22)/t17?,18-,20?/m0/s1. The quantitative estimate of drug-likeness (QED) is 0.775. The first kappa shape index (κ1) is 16.4. The van der Waals surface area contributed by atoms with E-state index in [0.29, 0.717) is 5.92 Å². The van der Waals surface area contributed by atoms with Crippen molar-refractivity contribution in [2.75, 3.05) is 6.54 Å². The Hall–Kier alpha value is -1.51. The summed E-state index contributed by atoms with van der Waals surface area (Å²) in [6.45, 7) is 2.85. The van der Waals surface area contributed by atoms with Gasteiger partial charge in [-0.2, -0.15) is 0 Å². The molecule has 3 nitrogen and oxygen atoms in total. The Balaban J connectivity index is 1.49. The van der Waals surface area contributed by atoms with Gasteiger partial charge in [0.2, 0.25) is 0 Å². The molecule has 2 fully saturated rings. The van der Waals surface area contributed by atoms with Gasteiger partial charge in [-0.05, 0) is 56.4 Å². The molecule has 126 valence electrons. The van der Waals surface area contributed by atoms with Gasteiger partial charge in [0.1, 0.15) is 6.10 Å². The van der Waals surface area contributed by atoms with E-state index in [1.807, 2.05) is 0 Å². The van der Waals surface area contributed by atoms with Gasteiger partial charge in [-0.25, -0.2) is 4.79 Å². The minimum absolute atomic E-state index is 0.140. The molecule has 0 saturated heterocycles. The summed E-state index contributed by atoms with van der Waals surface area (Å²) in [6.07, 6.45) is 9.13. The fourth-order valence-electron chi connectivity index (χ4n) is 4.22. The molecule has 0 aromatic heterocycles. The van der Waals surface area contributed by atoms with E-state index in [4.69, 9.17) is 4.74 Å². The third kappa shape index (κ3) is 3.70. The van der Waals surface area contributed by atoms with Crippen LogP contribution in [0.4, 0.5) is 4.79 Å². The van der Waals surface area contributed by atoms with E-state index in [1.165, 1.54) is 37.7 Å². The highest BCUT2D eigenvalue weighted by atomic mass is 16.6. The van der Waals surface area contributed by atoms with E-state index in [0.717, 1.165) is 25.8 Å². The van der Waals surface area contributed by atoms with E-state index >= 15 is 0 Å². The van der Waals surface area contributed by atoms with E-state index < -0.39 is 0 Å². The van der Waals surface area contributed by atoms with Crippen molar-refractivity contribution < 1.29 is 9.53 Å². The monoisotopic (exact) mass is 315 g/mol. The number of carbonyl (C=O) groups is 1. The Kier molecular flexibility index (Phi) is 5.24. The second kappa shape index (κ2) is 7.37. The smallest absolute Gasteiger partial charge is 0.407 e. The molecule has 0 radical (unpaired) electrons. The predicted molar refractivity (Wildman–Crippen MR) is 92.5 cm³/mol. The van der Waals surface area contributed by atoms with Crippen LogP contribution in [0.15, 0.2) is 30.3 Å². The van der Waals surface area contributed by atoms with Gasteiger partial charge in [0.05, 0.1) is 0 Å². The molecule has 23 heavy (non-hydrogen) atoms. The fourth-order valence-corrected chi connectivity index (χ4v) is 4.22. The van der Waals surface area contributed by atoms with Crippen LogP contribution < -0.4 is 5.32 Å². The first-order chi connectivity index (χ1) is 11.2. The first-order valence-corrected chi connectivity index (χ1v) is 9.23. The number of alkyl carbamates (subject to hydrolysis) is 1. The molecule has 3 heteroatoms. The van der Waals surface area contributed by atoms with Crippen LogP contribution in [0.1, 0.15) is 69.8 Å². The molecule has 1 aromatic rings. The SMILES string of the molecule is CCCCNC(=O)O[C@H]1CCC12CCC(c1ccccc1)CC2. The zero-order valence-corrected chi connectivity index (χ0v) is 14.2. The van der Waals surface area contributed by atoms with Crippen LogP contribution in [0.5, 0.6) is 0 Å². The maximum absolute atomic E-state index is 11.9. The summed E-state index contributed by atoms with van der Waals surface area (Å²) in [5, 5.41) is 2.88. The molecule has 3 rings (SSSR count). The Morgan fingerprint density at radius 1 is 1.17 bits per heavy atom. The Bertz CT molecular complexity index is 506. The molecule has 1 amide bonds. The predicted octanol–water partition coefficient (Wildman–Crippen LogP) is 5.02. The number of rotatable bonds is 5. The molecule has 2 aliphatic carbocycles. The zero-order chi connectivity index (χ0) is 16.1. The lowest BCUT2D eigenvalue weighted by Crippen LogP contribution is -2.50. The lowest BCUT2D eigenvalue weighted by Gasteiger charge is -2.52. The van der Waals surface area contributed by atoms with Crippen molar-refractivity contribution in [3.05, 3.63) is 35.9 Å². The van der Waals surface area contributed by atoms with Gasteiger partial charge in [-0.15, -0.1) is 0 Å². The normalized spacial score (nSPS) is 29.8.